The Morgan fingerprint density at radius 3 is 2.78 bits per heavy atom. The summed E-state index contributed by atoms with van der Waals surface area (Å²) in [5.41, 5.74) is 0. The van der Waals surface area contributed by atoms with Crippen molar-refractivity contribution in [2.45, 2.75) is 6.92 Å². The molecule has 0 atom stereocenters. The quantitative estimate of drug-likeness (QED) is 0.534. The van der Waals surface area contributed by atoms with E-state index in [4.69, 9.17) is 9.84 Å². The first-order chi connectivity index (χ1) is 4.29. The van der Waals surface area contributed by atoms with Crippen molar-refractivity contribution in [1.82, 2.24) is 0 Å². The monoisotopic (exact) mass is 124 g/mol. The summed E-state index contributed by atoms with van der Waals surface area (Å²) in [6, 6.07) is 0. The molecule has 1 rings (SSSR count). The Bertz CT molecular complexity index is 167. The smallest absolute Gasteiger partial charge is 0.281 e. The van der Waals surface area contributed by atoms with Crippen molar-refractivity contribution < 1.29 is 9.84 Å². The lowest BCUT2D eigenvalue weighted by molar-refractivity contribution is 0.148. The Hall–Kier alpha value is -1.18. The van der Waals surface area contributed by atoms with Crippen molar-refractivity contribution in [2.75, 3.05) is 0 Å². The molecule has 0 fully saturated rings. The van der Waals surface area contributed by atoms with Crippen LogP contribution in [0.1, 0.15) is 6.92 Å². The van der Waals surface area contributed by atoms with Crippen LogP contribution < -0.4 is 0 Å². The number of ether oxygens (including phenoxy) is 1. The van der Waals surface area contributed by atoms with Gasteiger partial charge in [0.05, 0.1) is 0 Å². The zero-order chi connectivity index (χ0) is 6.69. The third-order valence-electron chi connectivity index (χ3n) is 0.946. The fraction of sp³-hybridized carbons (Fsp3) is 0.143. The molecule has 0 radical (unpaired) electrons. The highest BCUT2D eigenvalue weighted by Gasteiger charge is 1.94. The Morgan fingerprint density at radius 2 is 2.00 bits per heavy atom. The van der Waals surface area contributed by atoms with Crippen LogP contribution in [0.15, 0.2) is 36.0 Å². The second-order valence-electron chi connectivity index (χ2n) is 1.77. The first kappa shape index (κ1) is 5.95. The predicted molar refractivity (Wildman–Crippen MR) is 34.7 cm³/mol. The minimum absolute atomic E-state index is 0.0579. The fourth-order valence-corrected chi connectivity index (χ4v) is 0.562. The highest BCUT2D eigenvalue weighted by Crippen LogP contribution is 2.06. The zero-order valence-corrected chi connectivity index (χ0v) is 5.16. The Morgan fingerprint density at radius 1 is 1.33 bits per heavy atom. The van der Waals surface area contributed by atoms with Gasteiger partial charge in [0.15, 0.2) is 0 Å². The first-order valence-electron chi connectivity index (χ1n) is 2.71. The molecule has 1 aliphatic rings. The SMILES string of the molecule is CC1=CC=CC=C(O)O1. The maximum Gasteiger partial charge on any atom is 0.281 e. The molecule has 9 heavy (non-hydrogen) atoms. The van der Waals surface area contributed by atoms with Crippen molar-refractivity contribution >= 4 is 0 Å². The third-order valence-corrected chi connectivity index (χ3v) is 0.946. The molecular weight excluding hydrogens is 116 g/mol. The lowest BCUT2D eigenvalue weighted by Crippen LogP contribution is -1.85. The molecule has 0 saturated heterocycles. The van der Waals surface area contributed by atoms with Gasteiger partial charge in [-0.1, -0.05) is 12.2 Å². The topological polar surface area (TPSA) is 29.5 Å². The highest BCUT2D eigenvalue weighted by atomic mass is 16.6. The van der Waals surface area contributed by atoms with E-state index in [0.717, 1.165) is 0 Å². The van der Waals surface area contributed by atoms with Crippen molar-refractivity contribution in [3.8, 4) is 0 Å². The molecule has 0 saturated carbocycles. The molecule has 1 aliphatic heterocycles. The molecule has 0 aliphatic carbocycles. The average Bonchev–Trinajstić information content (AvgIpc) is 1.93. The van der Waals surface area contributed by atoms with Gasteiger partial charge in [0, 0.05) is 6.08 Å². The summed E-state index contributed by atoms with van der Waals surface area (Å²) in [4.78, 5) is 0. The summed E-state index contributed by atoms with van der Waals surface area (Å²) in [5.74, 6) is 0.634. The van der Waals surface area contributed by atoms with E-state index in [-0.39, 0.29) is 5.95 Å². The molecule has 1 heterocycles. The van der Waals surface area contributed by atoms with Gasteiger partial charge in [-0.05, 0) is 13.0 Å². The predicted octanol–water partition coefficient (Wildman–Crippen LogP) is 1.88. The zero-order valence-electron chi connectivity index (χ0n) is 5.16. The Balaban J connectivity index is 2.77. The van der Waals surface area contributed by atoms with Crippen LogP contribution in [0.3, 0.4) is 0 Å². The van der Waals surface area contributed by atoms with Gasteiger partial charge in [-0.3, -0.25) is 0 Å². The van der Waals surface area contributed by atoms with Gasteiger partial charge in [-0.2, -0.15) is 0 Å². The molecular formula is C7H8O2. The van der Waals surface area contributed by atoms with Crippen LogP contribution in [-0.2, 0) is 4.74 Å². The summed E-state index contributed by atoms with van der Waals surface area (Å²) in [7, 11) is 0. The highest BCUT2D eigenvalue weighted by molar-refractivity contribution is 5.17. The summed E-state index contributed by atoms with van der Waals surface area (Å²) >= 11 is 0. The largest absolute Gasteiger partial charge is 0.481 e. The van der Waals surface area contributed by atoms with Gasteiger partial charge in [-0.15, -0.1) is 0 Å². The molecule has 0 aromatic heterocycles. The van der Waals surface area contributed by atoms with Crippen molar-refractivity contribution in [3.05, 3.63) is 36.0 Å². The van der Waals surface area contributed by atoms with E-state index in [1.807, 2.05) is 0 Å². The van der Waals surface area contributed by atoms with Crippen LogP contribution in [0.5, 0.6) is 0 Å². The molecule has 0 aromatic rings. The number of allylic oxidation sites excluding steroid dienone is 5. The van der Waals surface area contributed by atoms with Gasteiger partial charge < -0.3 is 9.84 Å². The van der Waals surface area contributed by atoms with E-state index in [1.165, 1.54) is 6.08 Å². The van der Waals surface area contributed by atoms with Crippen molar-refractivity contribution in [1.29, 1.82) is 0 Å². The van der Waals surface area contributed by atoms with Crippen molar-refractivity contribution in [3.63, 3.8) is 0 Å². The van der Waals surface area contributed by atoms with E-state index in [0.29, 0.717) is 5.76 Å². The van der Waals surface area contributed by atoms with Crippen LogP contribution >= 0.6 is 0 Å². The standard InChI is InChI=1S/C7H8O2/c1-6-4-2-3-5-7(8)9-6/h2-5,8H,1H3. The molecule has 0 unspecified atom stereocenters. The third kappa shape index (κ3) is 1.64. The summed E-state index contributed by atoms with van der Waals surface area (Å²) < 4.78 is 4.83. The van der Waals surface area contributed by atoms with Gasteiger partial charge in [0.25, 0.3) is 5.95 Å². The summed E-state index contributed by atoms with van der Waals surface area (Å²) in [6.07, 6.45) is 6.79. The van der Waals surface area contributed by atoms with E-state index in [2.05, 4.69) is 0 Å². The van der Waals surface area contributed by atoms with Crippen molar-refractivity contribution in [2.24, 2.45) is 0 Å². The number of aliphatic hydroxyl groups excluding tert-OH is 1. The van der Waals surface area contributed by atoms with Gasteiger partial charge >= 0.3 is 0 Å². The number of rotatable bonds is 0. The van der Waals surface area contributed by atoms with E-state index >= 15 is 0 Å². The molecule has 2 heteroatoms. The molecule has 0 amide bonds. The fourth-order valence-electron chi connectivity index (χ4n) is 0.562. The molecule has 2 nitrogen and oxygen atoms in total. The Kier molecular flexibility index (Phi) is 1.58. The second kappa shape index (κ2) is 2.40. The first-order valence-corrected chi connectivity index (χ1v) is 2.71. The summed E-state index contributed by atoms with van der Waals surface area (Å²) in [5, 5.41) is 8.81. The lowest BCUT2D eigenvalue weighted by Gasteiger charge is -1.99. The second-order valence-corrected chi connectivity index (χ2v) is 1.77. The average molecular weight is 124 g/mol. The van der Waals surface area contributed by atoms with Crippen LogP contribution in [-0.4, -0.2) is 5.11 Å². The van der Waals surface area contributed by atoms with Gasteiger partial charge in [0.1, 0.15) is 5.76 Å². The number of hydrogen-bond acceptors (Lipinski definition) is 2. The number of aliphatic hydroxyl groups is 1. The number of hydrogen-bond donors (Lipinski definition) is 1. The molecule has 1 N–H and O–H groups in total. The molecule has 0 spiro atoms. The van der Waals surface area contributed by atoms with E-state index in [9.17, 15) is 0 Å². The minimum atomic E-state index is -0.0579. The lowest BCUT2D eigenvalue weighted by atomic mass is 10.4. The van der Waals surface area contributed by atoms with E-state index in [1.54, 1.807) is 25.2 Å². The van der Waals surface area contributed by atoms with Crippen LogP contribution in [0.2, 0.25) is 0 Å². The summed E-state index contributed by atoms with van der Waals surface area (Å²) in [6.45, 7) is 1.78. The normalized spacial score (nSPS) is 17.4. The van der Waals surface area contributed by atoms with E-state index < -0.39 is 0 Å². The molecule has 48 valence electrons. The maximum absolute atomic E-state index is 8.81. The van der Waals surface area contributed by atoms with Gasteiger partial charge in [0.2, 0.25) is 0 Å². The van der Waals surface area contributed by atoms with Gasteiger partial charge in [-0.25, -0.2) is 0 Å². The van der Waals surface area contributed by atoms with Crippen LogP contribution in [0.4, 0.5) is 0 Å². The minimum Gasteiger partial charge on any atom is -0.481 e. The maximum atomic E-state index is 8.81. The Labute approximate surface area is 53.8 Å². The molecule has 0 bridgehead atoms. The molecule has 0 aromatic carbocycles. The van der Waals surface area contributed by atoms with Crippen LogP contribution in [0.25, 0.3) is 0 Å². The van der Waals surface area contributed by atoms with Crippen LogP contribution in [0, 0.1) is 0 Å².